The molecule has 7 heteroatoms. The van der Waals surface area contributed by atoms with Gasteiger partial charge in [0.25, 0.3) is 0 Å². The van der Waals surface area contributed by atoms with Crippen molar-refractivity contribution in [3.05, 3.63) is 83.2 Å². The first kappa shape index (κ1) is 20.9. The van der Waals surface area contributed by atoms with Crippen LogP contribution in [0, 0.1) is 18.6 Å². The predicted octanol–water partition coefficient (Wildman–Crippen LogP) is 6.58. The van der Waals surface area contributed by atoms with E-state index in [0.717, 1.165) is 38.8 Å². The smallest absolute Gasteiger partial charge is 0.338 e. The Hall–Kier alpha value is -4.00. The topological polar surface area (TPSA) is 70.9 Å². The van der Waals surface area contributed by atoms with Crippen LogP contribution in [0.4, 0.5) is 8.78 Å². The second kappa shape index (κ2) is 7.55. The maximum atomic E-state index is 14.9. The monoisotopic (exact) mass is 445 g/mol. The molecule has 0 aliphatic heterocycles. The fraction of sp³-hybridized carbons (Fsp3) is 0.154. The molecule has 2 N–H and O–H groups in total. The molecule has 3 aromatic carbocycles. The van der Waals surface area contributed by atoms with E-state index in [1.54, 1.807) is 31.3 Å². The maximum Gasteiger partial charge on any atom is 0.338 e. The summed E-state index contributed by atoms with van der Waals surface area (Å²) >= 11 is 0. The van der Waals surface area contributed by atoms with Crippen LogP contribution in [-0.2, 0) is 0 Å². The number of aryl methyl sites for hydroxylation is 1. The molecule has 0 aliphatic rings. The first-order chi connectivity index (χ1) is 15.8. The molecule has 33 heavy (non-hydrogen) atoms. The average Bonchev–Trinajstić information content (AvgIpc) is 3.33. The number of carboxylic acids is 1. The van der Waals surface area contributed by atoms with Crippen molar-refractivity contribution in [2.24, 2.45) is 0 Å². The molecule has 2 heterocycles. The molecule has 0 radical (unpaired) electrons. The number of halogens is 2. The molecule has 0 saturated carbocycles. The molecule has 0 fully saturated rings. The van der Waals surface area contributed by atoms with Crippen molar-refractivity contribution < 1.29 is 18.7 Å². The molecule has 0 aliphatic carbocycles. The normalized spacial score (nSPS) is 11.7. The van der Waals surface area contributed by atoms with Crippen molar-refractivity contribution >= 4 is 27.8 Å². The summed E-state index contributed by atoms with van der Waals surface area (Å²) in [6, 6.07) is 13.2. The number of rotatable bonds is 4. The van der Waals surface area contributed by atoms with Gasteiger partial charge in [-0.3, -0.25) is 5.10 Å². The third-order valence-electron chi connectivity index (χ3n) is 5.99. The molecule has 0 bridgehead atoms. The van der Waals surface area contributed by atoms with Crippen LogP contribution >= 0.6 is 0 Å². The van der Waals surface area contributed by atoms with Crippen LogP contribution in [0.25, 0.3) is 38.6 Å². The molecule has 166 valence electrons. The zero-order chi connectivity index (χ0) is 23.4. The standard InChI is InChI=1S/C26H21F2N3O2/c1-13(2)25-24(15-8-14(3)23(26(32)33)20(28)9-15)19-11-21-16(12-29-30-21)10-22(19)31(25)18-6-4-17(27)5-7-18/h4-13H,1-3H3,(H,29,30)(H,32,33). The third-order valence-corrected chi connectivity index (χ3v) is 5.99. The number of benzene rings is 3. The molecule has 0 spiro atoms. The second-order valence-corrected chi connectivity index (χ2v) is 8.51. The molecule has 5 nitrogen and oxygen atoms in total. The van der Waals surface area contributed by atoms with Gasteiger partial charge in [-0.15, -0.1) is 0 Å². The van der Waals surface area contributed by atoms with Crippen molar-refractivity contribution in [3.63, 3.8) is 0 Å². The zero-order valence-corrected chi connectivity index (χ0v) is 18.3. The Morgan fingerprint density at radius 1 is 1.09 bits per heavy atom. The highest BCUT2D eigenvalue weighted by Gasteiger charge is 2.25. The number of fused-ring (bicyclic) bond motifs is 2. The third kappa shape index (κ3) is 3.28. The largest absolute Gasteiger partial charge is 0.478 e. The fourth-order valence-corrected chi connectivity index (χ4v) is 4.62. The lowest BCUT2D eigenvalue weighted by Gasteiger charge is -2.16. The molecule has 5 rings (SSSR count). The van der Waals surface area contributed by atoms with Gasteiger partial charge in [0.1, 0.15) is 11.6 Å². The highest BCUT2D eigenvalue weighted by Crippen LogP contribution is 2.42. The maximum absolute atomic E-state index is 14.9. The first-order valence-electron chi connectivity index (χ1n) is 10.6. The summed E-state index contributed by atoms with van der Waals surface area (Å²) in [5, 5.41) is 18.3. The molecule has 5 aromatic rings. The SMILES string of the molecule is Cc1cc(-c2c(C(C)C)n(-c3ccc(F)cc3)c3cc4cn[nH]c4cc23)cc(F)c1C(=O)O. The Balaban J connectivity index is 1.94. The van der Waals surface area contributed by atoms with E-state index in [-0.39, 0.29) is 17.3 Å². The van der Waals surface area contributed by atoms with Gasteiger partial charge in [0.05, 0.1) is 22.8 Å². The Morgan fingerprint density at radius 2 is 1.82 bits per heavy atom. The van der Waals surface area contributed by atoms with Gasteiger partial charge < -0.3 is 9.67 Å². The van der Waals surface area contributed by atoms with Crippen LogP contribution < -0.4 is 0 Å². The minimum atomic E-state index is -1.30. The van der Waals surface area contributed by atoms with Crippen molar-refractivity contribution in [1.29, 1.82) is 0 Å². The van der Waals surface area contributed by atoms with Crippen LogP contribution in [0.2, 0.25) is 0 Å². The Kier molecular flexibility index (Phi) is 4.78. The van der Waals surface area contributed by atoms with Gasteiger partial charge >= 0.3 is 5.97 Å². The van der Waals surface area contributed by atoms with E-state index >= 15 is 0 Å². The zero-order valence-electron chi connectivity index (χ0n) is 18.3. The van der Waals surface area contributed by atoms with Crippen LogP contribution in [0.15, 0.2) is 54.7 Å². The lowest BCUT2D eigenvalue weighted by Crippen LogP contribution is -2.05. The van der Waals surface area contributed by atoms with E-state index in [9.17, 15) is 18.7 Å². The molecule has 0 atom stereocenters. The fourth-order valence-electron chi connectivity index (χ4n) is 4.62. The highest BCUT2D eigenvalue weighted by atomic mass is 19.1. The van der Waals surface area contributed by atoms with E-state index in [4.69, 9.17) is 0 Å². The summed E-state index contributed by atoms with van der Waals surface area (Å²) in [7, 11) is 0. The van der Waals surface area contributed by atoms with Gasteiger partial charge in [0.2, 0.25) is 0 Å². The van der Waals surface area contributed by atoms with E-state index in [2.05, 4.69) is 14.8 Å². The minimum absolute atomic E-state index is 0.0245. The van der Waals surface area contributed by atoms with Gasteiger partial charge in [-0.05, 0) is 66.4 Å². The number of carboxylic acid groups (broad SMARTS) is 1. The lowest BCUT2D eigenvalue weighted by atomic mass is 9.93. The summed E-state index contributed by atoms with van der Waals surface area (Å²) in [6.07, 6.45) is 1.73. The summed E-state index contributed by atoms with van der Waals surface area (Å²) < 4.78 is 30.7. The lowest BCUT2D eigenvalue weighted by molar-refractivity contribution is 0.0691. The van der Waals surface area contributed by atoms with E-state index in [0.29, 0.717) is 11.1 Å². The van der Waals surface area contributed by atoms with Gasteiger partial charge in [-0.2, -0.15) is 5.10 Å². The summed E-state index contributed by atoms with van der Waals surface area (Å²) in [6.45, 7) is 5.68. The van der Waals surface area contributed by atoms with Crippen LogP contribution in [-0.4, -0.2) is 25.8 Å². The number of nitrogens with one attached hydrogen (secondary N) is 1. The number of aromatic amines is 1. The van der Waals surface area contributed by atoms with Crippen LogP contribution in [0.5, 0.6) is 0 Å². The van der Waals surface area contributed by atoms with E-state index in [1.807, 2.05) is 26.0 Å². The number of hydrogen-bond donors (Lipinski definition) is 2. The average molecular weight is 445 g/mol. The molecule has 0 unspecified atom stereocenters. The summed E-state index contributed by atoms with van der Waals surface area (Å²) in [4.78, 5) is 11.5. The van der Waals surface area contributed by atoms with Gasteiger partial charge in [-0.25, -0.2) is 13.6 Å². The number of H-pyrrole nitrogens is 1. The number of nitrogens with zero attached hydrogens (tertiary/aromatic N) is 2. The van der Waals surface area contributed by atoms with Gasteiger partial charge in [-0.1, -0.05) is 19.9 Å². The van der Waals surface area contributed by atoms with E-state index < -0.39 is 11.8 Å². The van der Waals surface area contributed by atoms with Crippen molar-refractivity contribution in [2.75, 3.05) is 0 Å². The first-order valence-corrected chi connectivity index (χ1v) is 10.6. The highest BCUT2D eigenvalue weighted by molar-refractivity contribution is 6.06. The van der Waals surface area contributed by atoms with Crippen LogP contribution in [0.1, 0.15) is 41.4 Å². The van der Waals surface area contributed by atoms with Crippen molar-refractivity contribution in [1.82, 2.24) is 14.8 Å². The number of carbonyl (C=O) groups is 1. The summed E-state index contributed by atoms with van der Waals surface area (Å²) in [5.74, 6) is -2.39. The molecule has 0 amide bonds. The Morgan fingerprint density at radius 3 is 2.45 bits per heavy atom. The molecule has 0 saturated heterocycles. The number of aromatic carboxylic acids is 1. The Labute approximate surface area is 188 Å². The molecular weight excluding hydrogens is 424 g/mol. The van der Waals surface area contributed by atoms with Crippen molar-refractivity contribution in [3.8, 4) is 16.8 Å². The number of aromatic nitrogens is 3. The number of hydrogen-bond acceptors (Lipinski definition) is 2. The van der Waals surface area contributed by atoms with Crippen molar-refractivity contribution in [2.45, 2.75) is 26.7 Å². The predicted molar refractivity (Wildman–Crippen MR) is 124 cm³/mol. The van der Waals surface area contributed by atoms with E-state index in [1.165, 1.54) is 18.2 Å². The van der Waals surface area contributed by atoms with Gasteiger partial charge in [0, 0.05) is 27.7 Å². The second-order valence-electron chi connectivity index (χ2n) is 8.51. The molecule has 2 aromatic heterocycles. The Bertz CT molecular complexity index is 1520. The minimum Gasteiger partial charge on any atom is -0.478 e. The van der Waals surface area contributed by atoms with Gasteiger partial charge in [0.15, 0.2) is 0 Å². The van der Waals surface area contributed by atoms with Crippen LogP contribution in [0.3, 0.4) is 0 Å². The molecular formula is C26H21F2N3O2. The summed E-state index contributed by atoms with van der Waals surface area (Å²) in [5.41, 5.74) is 4.80. The quantitative estimate of drug-likeness (QED) is 0.328.